The fourth-order valence-electron chi connectivity index (χ4n) is 6.17. The van der Waals surface area contributed by atoms with Crippen molar-refractivity contribution in [2.75, 3.05) is 0 Å². The van der Waals surface area contributed by atoms with E-state index in [9.17, 15) is 0 Å². The molecule has 1 fully saturated rings. The van der Waals surface area contributed by atoms with Gasteiger partial charge in [0, 0.05) is 0 Å². The van der Waals surface area contributed by atoms with E-state index < -0.39 is 26.6 Å². The van der Waals surface area contributed by atoms with Gasteiger partial charge in [0.1, 0.15) is 0 Å². The first-order chi connectivity index (χ1) is 13.4. The van der Waals surface area contributed by atoms with Crippen LogP contribution >= 0.6 is 0 Å². The van der Waals surface area contributed by atoms with E-state index in [0.29, 0.717) is 0 Å². The van der Waals surface area contributed by atoms with Crippen LogP contribution in [0, 0.1) is 23.7 Å². The van der Waals surface area contributed by atoms with E-state index in [-0.39, 0.29) is 0 Å². The fraction of sp³-hybridized carbons (Fsp3) is 0.462. The predicted octanol–water partition coefficient (Wildman–Crippen LogP) is 7.23. The number of rotatable bonds is 4. The van der Waals surface area contributed by atoms with E-state index in [0.717, 1.165) is 31.0 Å². The van der Waals surface area contributed by atoms with E-state index in [1.54, 1.807) is 11.1 Å². The topological polar surface area (TPSA) is 0 Å². The second-order valence-corrected chi connectivity index (χ2v) is 37.9. The van der Waals surface area contributed by atoms with Crippen molar-refractivity contribution < 1.29 is 20.6 Å². The summed E-state index contributed by atoms with van der Waals surface area (Å²) in [6, 6.07) is 20.6. The van der Waals surface area contributed by atoms with Crippen LogP contribution in [0.2, 0.25) is 16.8 Å². The van der Waals surface area contributed by atoms with Crippen molar-refractivity contribution in [3.05, 3.63) is 71.3 Å². The molecule has 0 spiro atoms. The van der Waals surface area contributed by atoms with E-state index >= 15 is 0 Å². The summed E-state index contributed by atoms with van der Waals surface area (Å²) in [5.41, 5.74) is 6.32. The van der Waals surface area contributed by atoms with Gasteiger partial charge in [0.2, 0.25) is 0 Å². The van der Waals surface area contributed by atoms with Gasteiger partial charge in [-0.3, -0.25) is 0 Å². The van der Waals surface area contributed by atoms with Crippen molar-refractivity contribution >= 4 is 17.6 Å². The number of hydrogen-bond acceptors (Lipinski definition) is 0. The van der Waals surface area contributed by atoms with Crippen LogP contribution < -0.4 is 0 Å². The molecule has 2 heteroatoms. The normalized spacial score (nSPS) is 31.8. The van der Waals surface area contributed by atoms with Crippen molar-refractivity contribution in [3.63, 3.8) is 0 Å². The third kappa shape index (κ3) is 3.39. The number of benzene rings is 2. The molecule has 2 aromatic carbocycles. The van der Waals surface area contributed by atoms with Gasteiger partial charge in [0.25, 0.3) is 0 Å². The van der Waals surface area contributed by atoms with Crippen LogP contribution in [-0.4, -0.2) is 5.98 Å². The Morgan fingerprint density at radius 2 is 1.29 bits per heavy atom. The summed E-state index contributed by atoms with van der Waals surface area (Å²) in [6.07, 6.45) is 2.55. The first-order valence-corrected chi connectivity index (χ1v) is 24.4. The molecule has 5 atom stereocenters. The monoisotopic (exact) mass is 555 g/mol. The molecule has 2 aliphatic carbocycles. The minimum atomic E-state index is -1.96. The summed E-state index contributed by atoms with van der Waals surface area (Å²) in [5, 5.41) is 0. The molecule has 4 rings (SSSR count). The molecule has 0 radical (unpaired) electrons. The molecule has 0 aliphatic heterocycles. The van der Waals surface area contributed by atoms with E-state index in [2.05, 4.69) is 101 Å². The SMILES string of the molecule is CC1C(C)C(C)[CH]([Hf]([CH]2C(c3ccccc3)=Cc3ccccc32)[SiH](C)C)C1C. The molecule has 0 aromatic heterocycles. The molecule has 2 aromatic rings. The second kappa shape index (κ2) is 8.18. The van der Waals surface area contributed by atoms with Crippen molar-refractivity contribution in [2.45, 2.75) is 48.1 Å². The Kier molecular flexibility index (Phi) is 6.00. The van der Waals surface area contributed by atoms with E-state index in [1.165, 1.54) is 11.1 Å². The molecule has 0 saturated heterocycles. The second-order valence-electron chi connectivity index (χ2n) is 9.64. The van der Waals surface area contributed by atoms with Gasteiger partial charge in [-0.05, 0) is 0 Å². The first-order valence-electron chi connectivity index (χ1n) is 11.1. The van der Waals surface area contributed by atoms with Crippen LogP contribution in [0.5, 0.6) is 0 Å². The number of hydrogen-bond donors (Lipinski definition) is 0. The molecule has 0 nitrogen and oxygen atoms in total. The average Bonchev–Trinajstić information content (AvgIpc) is 3.16. The van der Waals surface area contributed by atoms with E-state index in [1.807, 2.05) is 0 Å². The van der Waals surface area contributed by atoms with Crippen LogP contribution in [0.4, 0.5) is 0 Å². The molecular formula is C26H35HfSi. The number of allylic oxidation sites excluding steroid dienone is 1. The molecule has 0 amide bonds. The summed E-state index contributed by atoms with van der Waals surface area (Å²) < 4.78 is 1.83. The van der Waals surface area contributed by atoms with Crippen molar-refractivity contribution in [1.29, 1.82) is 0 Å². The zero-order valence-corrected chi connectivity index (χ0v) is 23.1. The van der Waals surface area contributed by atoms with E-state index in [4.69, 9.17) is 0 Å². The van der Waals surface area contributed by atoms with Crippen LogP contribution in [0.25, 0.3) is 11.6 Å². The Morgan fingerprint density at radius 1 is 0.714 bits per heavy atom. The van der Waals surface area contributed by atoms with Gasteiger partial charge in [-0.25, -0.2) is 0 Å². The Balaban J connectivity index is 1.84. The zero-order valence-electron chi connectivity index (χ0n) is 18.3. The maximum atomic E-state index is 2.69. The zero-order chi connectivity index (χ0) is 20.0. The minimum absolute atomic E-state index is 0.672. The van der Waals surface area contributed by atoms with Gasteiger partial charge in [-0.15, -0.1) is 0 Å². The molecule has 147 valence electrons. The fourth-order valence-corrected chi connectivity index (χ4v) is 43.3. The molecule has 1 saturated carbocycles. The molecule has 0 bridgehead atoms. The summed E-state index contributed by atoms with van der Waals surface area (Å²) in [5.74, 6) is 2.91. The Bertz CT molecular complexity index is 842. The van der Waals surface area contributed by atoms with Gasteiger partial charge in [-0.2, -0.15) is 0 Å². The third-order valence-electron chi connectivity index (χ3n) is 8.04. The quantitative estimate of drug-likeness (QED) is 0.350. The van der Waals surface area contributed by atoms with Crippen LogP contribution in [0.1, 0.15) is 48.1 Å². The van der Waals surface area contributed by atoms with Gasteiger partial charge in [0.05, 0.1) is 0 Å². The maximum absolute atomic E-state index is 2.69. The third-order valence-corrected chi connectivity index (χ3v) is 40.8. The Morgan fingerprint density at radius 3 is 1.89 bits per heavy atom. The van der Waals surface area contributed by atoms with Gasteiger partial charge < -0.3 is 0 Å². The Hall–Kier alpha value is -0.733. The summed E-state index contributed by atoms with van der Waals surface area (Å²) >= 11 is -1.96. The van der Waals surface area contributed by atoms with Gasteiger partial charge in [-0.1, -0.05) is 0 Å². The molecule has 0 heterocycles. The average molecular weight is 554 g/mol. The van der Waals surface area contributed by atoms with Crippen LogP contribution in [0.15, 0.2) is 54.6 Å². The Labute approximate surface area is 180 Å². The first kappa shape index (κ1) is 20.5. The van der Waals surface area contributed by atoms with Crippen molar-refractivity contribution in [2.24, 2.45) is 23.7 Å². The number of fused-ring (bicyclic) bond motifs is 1. The summed E-state index contributed by atoms with van der Waals surface area (Å²) in [4.78, 5) is 0. The van der Waals surface area contributed by atoms with Crippen LogP contribution in [-0.2, 0) is 20.6 Å². The molecule has 2 aliphatic rings. The van der Waals surface area contributed by atoms with Gasteiger partial charge >= 0.3 is 181 Å². The predicted molar refractivity (Wildman–Crippen MR) is 123 cm³/mol. The van der Waals surface area contributed by atoms with Crippen molar-refractivity contribution in [1.82, 2.24) is 0 Å². The summed E-state index contributed by atoms with van der Waals surface area (Å²) in [7, 11) is 0. The molecule has 28 heavy (non-hydrogen) atoms. The van der Waals surface area contributed by atoms with Crippen LogP contribution in [0.3, 0.4) is 0 Å². The standard InChI is InChI=1S/C15H11.C9H17.C2H7Si.Hf/c1-2-6-12(7-3-1)15-10-13-8-4-5-9-14(13)11-15;1-6-5-7(2)9(4)8(6)3;1-3-2;/h1-11H;5-9H,1-4H3;3H,1-2H3;. The molecule has 0 N–H and O–H groups in total. The molecule has 5 unspecified atom stereocenters. The van der Waals surface area contributed by atoms with Crippen molar-refractivity contribution in [3.8, 4) is 0 Å². The summed E-state index contributed by atoms with van der Waals surface area (Å²) in [6.45, 7) is 15.7. The van der Waals surface area contributed by atoms with Gasteiger partial charge in [0.15, 0.2) is 0 Å². The molecular weight excluding hydrogens is 519 g/mol.